The fourth-order valence-electron chi connectivity index (χ4n) is 1.87. The summed E-state index contributed by atoms with van der Waals surface area (Å²) in [4.78, 5) is 0. The van der Waals surface area contributed by atoms with Gasteiger partial charge in [-0.05, 0) is 36.2 Å². The first kappa shape index (κ1) is 12.0. The molecule has 0 heterocycles. The zero-order chi connectivity index (χ0) is 12.4. The summed E-state index contributed by atoms with van der Waals surface area (Å²) in [6.45, 7) is 1.74. The van der Waals surface area contributed by atoms with E-state index in [0.29, 0.717) is 10.7 Å². The lowest BCUT2D eigenvalue weighted by Crippen LogP contribution is -1.97. The van der Waals surface area contributed by atoms with Crippen molar-refractivity contribution in [3.63, 3.8) is 0 Å². The lowest BCUT2D eigenvalue weighted by Gasteiger charge is -2.14. The summed E-state index contributed by atoms with van der Waals surface area (Å²) in [6, 6.07) is 13.0. The maximum absolute atomic E-state index is 9.75. The average Bonchev–Trinajstić information content (AvgIpc) is 2.32. The molecule has 3 heteroatoms. The van der Waals surface area contributed by atoms with Crippen LogP contribution in [0.25, 0.3) is 11.1 Å². The van der Waals surface area contributed by atoms with Crippen molar-refractivity contribution in [2.45, 2.75) is 13.0 Å². The molecule has 0 spiro atoms. The zero-order valence-electron chi connectivity index (χ0n) is 9.52. The highest BCUT2D eigenvalue weighted by Gasteiger charge is 2.11. The van der Waals surface area contributed by atoms with E-state index in [2.05, 4.69) is 0 Å². The molecule has 0 amide bonds. The van der Waals surface area contributed by atoms with Gasteiger partial charge in [0.05, 0.1) is 6.10 Å². The van der Waals surface area contributed by atoms with Crippen LogP contribution in [-0.2, 0) is 0 Å². The number of anilines is 1. The van der Waals surface area contributed by atoms with Gasteiger partial charge in [-0.15, -0.1) is 0 Å². The maximum atomic E-state index is 9.75. The molecule has 0 fully saturated rings. The lowest BCUT2D eigenvalue weighted by atomic mass is 9.96. The Labute approximate surface area is 106 Å². The molecule has 2 aromatic rings. The van der Waals surface area contributed by atoms with E-state index in [-0.39, 0.29) is 0 Å². The molecular formula is C14H14ClNO. The van der Waals surface area contributed by atoms with E-state index >= 15 is 0 Å². The van der Waals surface area contributed by atoms with Gasteiger partial charge in [0.2, 0.25) is 0 Å². The van der Waals surface area contributed by atoms with Crippen molar-refractivity contribution < 1.29 is 5.11 Å². The predicted octanol–water partition coefficient (Wildman–Crippen LogP) is 3.64. The van der Waals surface area contributed by atoms with Gasteiger partial charge in [0.1, 0.15) is 0 Å². The van der Waals surface area contributed by atoms with Gasteiger partial charge in [-0.1, -0.05) is 35.9 Å². The summed E-state index contributed by atoms with van der Waals surface area (Å²) in [6.07, 6.45) is -0.537. The Kier molecular flexibility index (Phi) is 3.36. The number of aliphatic hydroxyl groups is 1. The van der Waals surface area contributed by atoms with E-state index in [1.807, 2.05) is 30.3 Å². The van der Waals surface area contributed by atoms with Gasteiger partial charge < -0.3 is 10.8 Å². The second-order valence-corrected chi connectivity index (χ2v) is 4.43. The molecule has 0 radical (unpaired) electrons. The molecule has 0 bridgehead atoms. The van der Waals surface area contributed by atoms with Crippen molar-refractivity contribution in [3.05, 3.63) is 53.1 Å². The van der Waals surface area contributed by atoms with Crippen molar-refractivity contribution in [2.75, 3.05) is 5.73 Å². The highest BCUT2D eigenvalue weighted by molar-refractivity contribution is 6.31. The number of nitrogen functional groups attached to an aromatic ring is 1. The van der Waals surface area contributed by atoms with Gasteiger partial charge in [0, 0.05) is 16.3 Å². The molecule has 0 unspecified atom stereocenters. The Balaban J connectivity index is 2.64. The van der Waals surface area contributed by atoms with Gasteiger partial charge in [-0.25, -0.2) is 0 Å². The number of aliphatic hydroxyl groups excluding tert-OH is 1. The molecule has 0 aliphatic rings. The lowest BCUT2D eigenvalue weighted by molar-refractivity contribution is 0.200. The molecule has 2 aromatic carbocycles. The SMILES string of the molecule is C[C@@H](O)c1ccccc1-c1cc(Cl)ccc1N. The third kappa shape index (κ3) is 2.43. The Morgan fingerprint density at radius 2 is 1.82 bits per heavy atom. The Hall–Kier alpha value is -1.51. The summed E-state index contributed by atoms with van der Waals surface area (Å²) < 4.78 is 0. The summed E-state index contributed by atoms with van der Waals surface area (Å²) in [5, 5.41) is 10.4. The third-order valence-electron chi connectivity index (χ3n) is 2.72. The van der Waals surface area contributed by atoms with Crippen LogP contribution in [0.5, 0.6) is 0 Å². The van der Waals surface area contributed by atoms with Crippen molar-refractivity contribution >= 4 is 17.3 Å². The van der Waals surface area contributed by atoms with Crippen molar-refractivity contribution in [1.29, 1.82) is 0 Å². The number of benzene rings is 2. The second kappa shape index (κ2) is 4.78. The predicted molar refractivity (Wildman–Crippen MR) is 71.9 cm³/mol. The Morgan fingerprint density at radius 3 is 2.53 bits per heavy atom. The molecule has 0 aliphatic carbocycles. The Morgan fingerprint density at radius 1 is 1.12 bits per heavy atom. The van der Waals surface area contributed by atoms with E-state index in [1.54, 1.807) is 19.1 Å². The van der Waals surface area contributed by atoms with Crippen LogP contribution in [0.3, 0.4) is 0 Å². The zero-order valence-corrected chi connectivity index (χ0v) is 10.3. The number of rotatable bonds is 2. The van der Waals surface area contributed by atoms with Gasteiger partial charge in [0.15, 0.2) is 0 Å². The highest BCUT2D eigenvalue weighted by atomic mass is 35.5. The van der Waals surface area contributed by atoms with Crippen LogP contribution >= 0.6 is 11.6 Å². The van der Waals surface area contributed by atoms with E-state index in [9.17, 15) is 5.11 Å². The first-order valence-corrected chi connectivity index (χ1v) is 5.80. The quantitative estimate of drug-likeness (QED) is 0.796. The second-order valence-electron chi connectivity index (χ2n) is 3.99. The first-order chi connectivity index (χ1) is 8.09. The number of halogens is 1. The van der Waals surface area contributed by atoms with E-state index in [0.717, 1.165) is 16.7 Å². The maximum Gasteiger partial charge on any atom is 0.0767 e. The molecule has 2 rings (SSSR count). The molecule has 17 heavy (non-hydrogen) atoms. The molecule has 0 saturated heterocycles. The smallest absolute Gasteiger partial charge is 0.0767 e. The highest BCUT2D eigenvalue weighted by Crippen LogP contribution is 2.33. The summed E-state index contributed by atoms with van der Waals surface area (Å²) in [5.41, 5.74) is 9.23. The van der Waals surface area contributed by atoms with Gasteiger partial charge in [-0.3, -0.25) is 0 Å². The van der Waals surface area contributed by atoms with E-state index < -0.39 is 6.10 Å². The minimum atomic E-state index is -0.537. The van der Waals surface area contributed by atoms with Crippen molar-refractivity contribution in [3.8, 4) is 11.1 Å². The summed E-state index contributed by atoms with van der Waals surface area (Å²) >= 11 is 5.98. The van der Waals surface area contributed by atoms with Crippen LogP contribution in [0, 0.1) is 0 Å². The molecule has 0 aromatic heterocycles. The topological polar surface area (TPSA) is 46.2 Å². The van der Waals surface area contributed by atoms with Gasteiger partial charge >= 0.3 is 0 Å². The van der Waals surface area contributed by atoms with E-state index in [4.69, 9.17) is 17.3 Å². The minimum absolute atomic E-state index is 0.537. The van der Waals surface area contributed by atoms with Gasteiger partial charge in [0.25, 0.3) is 0 Å². The average molecular weight is 248 g/mol. The molecule has 0 aliphatic heterocycles. The molecule has 0 saturated carbocycles. The largest absolute Gasteiger partial charge is 0.398 e. The third-order valence-corrected chi connectivity index (χ3v) is 2.95. The van der Waals surface area contributed by atoms with Crippen molar-refractivity contribution in [1.82, 2.24) is 0 Å². The number of hydrogen-bond acceptors (Lipinski definition) is 2. The monoisotopic (exact) mass is 247 g/mol. The summed E-state index contributed by atoms with van der Waals surface area (Å²) in [7, 11) is 0. The number of hydrogen-bond donors (Lipinski definition) is 2. The van der Waals surface area contributed by atoms with Crippen LogP contribution in [0.4, 0.5) is 5.69 Å². The summed E-state index contributed by atoms with van der Waals surface area (Å²) in [5.74, 6) is 0. The van der Waals surface area contributed by atoms with Crippen LogP contribution in [0.2, 0.25) is 5.02 Å². The number of nitrogens with two attached hydrogens (primary N) is 1. The standard InChI is InChI=1S/C14H14ClNO/c1-9(17)11-4-2-3-5-12(11)13-8-10(15)6-7-14(13)16/h2-9,17H,16H2,1H3/t9-/m1/s1. The Bertz CT molecular complexity index is 537. The van der Waals surface area contributed by atoms with Gasteiger partial charge in [-0.2, -0.15) is 0 Å². The molecule has 88 valence electrons. The van der Waals surface area contributed by atoms with Crippen LogP contribution < -0.4 is 5.73 Å². The minimum Gasteiger partial charge on any atom is -0.398 e. The molecule has 2 nitrogen and oxygen atoms in total. The molecular weight excluding hydrogens is 234 g/mol. The van der Waals surface area contributed by atoms with Crippen LogP contribution in [-0.4, -0.2) is 5.11 Å². The van der Waals surface area contributed by atoms with E-state index in [1.165, 1.54) is 0 Å². The van der Waals surface area contributed by atoms with Crippen LogP contribution in [0.1, 0.15) is 18.6 Å². The van der Waals surface area contributed by atoms with Crippen LogP contribution in [0.15, 0.2) is 42.5 Å². The normalized spacial score (nSPS) is 12.4. The molecule has 1 atom stereocenters. The fraction of sp³-hybridized carbons (Fsp3) is 0.143. The van der Waals surface area contributed by atoms with Crippen molar-refractivity contribution in [2.24, 2.45) is 0 Å². The first-order valence-electron chi connectivity index (χ1n) is 5.42. The fourth-order valence-corrected chi connectivity index (χ4v) is 2.04. The molecule has 3 N–H and O–H groups in total.